The molecule has 0 unspecified atom stereocenters. The van der Waals surface area contributed by atoms with Crippen LogP contribution in [0.25, 0.3) is 5.65 Å². The molecule has 2 aromatic rings. The van der Waals surface area contributed by atoms with Crippen LogP contribution >= 0.6 is 0 Å². The van der Waals surface area contributed by atoms with E-state index >= 15 is 0 Å². The number of ether oxygens (including phenoxy) is 1. The molecule has 0 radical (unpaired) electrons. The average Bonchev–Trinajstić information content (AvgIpc) is 3.61. The van der Waals surface area contributed by atoms with E-state index in [-0.39, 0.29) is 5.25 Å². The molecule has 2 heterocycles. The van der Waals surface area contributed by atoms with Crippen molar-refractivity contribution < 1.29 is 13.2 Å². The molecule has 30 heavy (non-hydrogen) atoms. The third-order valence-electron chi connectivity index (χ3n) is 8.15. The number of pyridine rings is 1. The second kappa shape index (κ2) is 6.11. The number of sulfonamides is 1. The van der Waals surface area contributed by atoms with E-state index in [0.29, 0.717) is 35.5 Å². The number of fused-ring (bicyclic) bond motifs is 1. The Hall–Kier alpha value is -1.83. The summed E-state index contributed by atoms with van der Waals surface area (Å²) in [5.74, 6) is 4.99. The Labute approximate surface area is 176 Å². The molecule has 8 heteroatoms. The Morgan fingerprint density at radius 1 is 0.967 bits per heavy atom. The van der Waals surface area contributed by atoms with Gasteiger partial charge in [0.05, 0.1) is 5.25 Å². The van der Waals surface area contributed by atoms with Crippen molar-refractivity contribution >= 4 is 21.6 Å². The lowest BCUT2D eigenvalue weighted by atomic mass is 9.55. The van der Waals surface area contributed by atoms with Crippen LogP contribution in [0.3, 0.4) is 0 Å². The Morgan fingerprint density at radius 3 is 2.30 bits per heavy atom. The molecular weight excluding hydrogens is 400 g/mol. The lowest BCUT2D eigenvalue weighted by Crippen LogP contribution is -2.50. The second-order valence-electron chi connectivity index (χ2n) is 10.5. The van der Waals surface area contributed by atoms with E-state index in [9.17, 15) is 8.42 Å². The van der Waals surface area contributed by atoms with Gasteiger partial charge in [-0.2, -0.15) is 0 Å². The molecule has 1 N–H and O–H groups in total. The van der Waals surface area contributed by atoms with E-state index in [0.717, 1.165) is 43.3 Å². The first-order chi connectivity index (χ1) is 14.5. The molecule has 0 aliphatic heterocycles. The maximum atomic E-state index is 12.4. The molecule has 6 saturated carbocycles. The fourth-order valence-electron chi connectivity index (χ4n) is 6.61. The summed E-state index contributed by atoms with van der Waals surface area (Å²) in [7, 11) is -3.37. The number of nitrogens with zero attached hydrogens (tertiary/aromatic N) is 3. The van der Waals surface area contributed by atoms with Gasteiger partial charge in [0.1, 0.15) is 11.9 Å². The van der Waals surface area contributed by atoms with Crippen molar-refractivity contribution in [3.05, 3.63) is 17.8 Å². The molecule has 0 aromatic carbocycles. The molecule has 6 aliphatic rings. The van der Waals surface area contributed by atoms with Crippen LogP contribution in [0.15, 0.2) is 12.3 Å². The van der Waals surface area contributed by atoms with Gasteiger partial charge < -0.3 is 4.74 Å². The van der Waals surface area contributed by atoms with Crippen molar-refractivity contribution in [3.8, 4) is 5.75 Å². The molecule has 0 atom stereocenters. The quantitative estimate of drug-likeness (QED) is 0.758. The van der Waals surface area contributed by atoms with Gasteiger partial charge in [-0.25, -0.2) is 8.42 Å². The highest BCUT2D eigenvalue weighted by Gasteiger charge is 2.49. The molecule has 7 nitrogen and oxygen atoms in total. The minimum Gasteiger partial charge on any atom is -0.489 e. The van der Waals surface area contributed by atoms with Crippen LogP contribution in [0.2, 0.25) is 0 Å². The van der Waals surface area contributed by atoms with Crippen LogP contribution in [-0.4, -0.2) is 34.4 Å². The van der Waals surface area contributed by atoms with E-state index in [2.05, 4.69) is 14.9 Å². The number of rotatable bonds is 6. The topological polar surface area (TPSA) is 85.6 Å². The summed E-state index contributed by atoms with van der Waals surface area (Å²) < 4.78 is 36.0. The van der Waals surface area contributed by atoms with E-state index in [1.807, 2.05) is 12.3 Å². The van der Waals surface area contributed by atoms with Gasteiger partial charge in [-0.3, -0.25) is 9.12 Å². The number of hydrogen-bond acceptors (Lipinski definition) is 5. The summed E-state index contributed by atoms with van der Waals surface area (Å²) in [6, 6.07) is 1.99. The SMILES string of the molecule is O=S(=O)(Nc1nnc2cc(OC3C4CC5CC(C4)CC3C5)c(C3CC3)cn12)C1CC1. The lowest BCUT2D eigenvalue weighted by molar-refractivity contribution is -0.0792. The molecule has 160 valence electrons. The van der Waals surface area contributed by atoms with Crippen LogP contribution in [0.1, 0.15) is 69.3 Å². The van der Waals surface area contributed by atoms with Crippen LogP contribution in [0.5, 0.6) is 5.75 Å². The van der Waals surface area contributed by atoms with Crippen molar-refractivity contribution in [1.82, 2.24) is 14.6 Å². The van der Waals surface area contributed by atoms with Gasteiger partial charge in [-0.1, -0.05) is 0 Å². The van der Waals surface area contributed by atoms with Crippen molar-refractivity contribution in [1.29, 1.82) is 0 Å². The molecular formula is C22H28N4O3S. The van der Waals surface area contributed by atoms with Crippen molar-refractivity contribution in [2.24, 2.45) is 23.7 Å². The largest absolute Gasteiger partial charge is 0.489 e. The zero-order chi connectivity index (χ0) is 20.0. The van der Waals surface area contributed by atoms with E-state index in [1.54, 1.807) is 4.40 Å². The number of nitrogens with one attached hydrogen (secondary N) is 1. The predicted molar refractivity (Wildman–Crippen MR) is 112 cm³/mol. The maximum absolute atomic E-state index is 12.4. The minimum atomic E-state index is -3.37. The summed E-state index contributed by atoms with van der Waals surface area (Å²) >= 11 is 0. The van der Waals surface area contributed by atoms with Gasteiger partial charge in [0, 0.05) is 17.8 Å². The highest BCUT2D eigenvalue weighted by molar-refractivity contribution is 7.93. The molecule has 6 fully saturated rings. The summed E-state index contributed by atoms with van der Waals surface area (Å²) in [6.45, 7) is 0. The molecule has 4 bridgehead atoms. The highest BCUT2D eigenvalue weighted by Crippen LogP contribution is 2.55. The van der Waals surface area contributed by atoms with Crippen LogP contribution in [0, 0.1) is 23.7 Å². The fraction of sp³-hybridized carbons (Fsp3) is 0.727. The van der Waals surface area contributed by atoms with E-state index < -0.39 is 10.0 Å². The summed E-state index contributed by atoms with van der Waals surface area (Å²) in [4.78, 5) is 0. The third-order valence-corrected chi connectivity index (χ3v) is 9.97. The van der Waals surface area contributed by atoms with Gasteiger partial charge in [-0.15, -0.1) is 10.2 Å². The number of aromatic nitrogens is 3. The molecule has 2 aromatic heterocycles. The zero-order valence-electron chi connectivity index (χ0n) is 17.0. The Bertz CT molecular complexity index is 1090. The predicted octanol–water partition coefficient (Wildman–Crippen LogP) is 3.71. The van der Waals surface area contributed by atoms with E-state index in [4.69, 9.17) is 4.74 Å². The van der Waals surface area contributed by atoms with Gasteiger partial charge in [-0.05, 0) is 87.4 Å². The number of hydrogen-bond donors (Lipinski definition) is 1. The van der Waals surface area contributed by atoms with Gasteiger partial charge in [0.25, 0.3) is 0 Å². The lowest BCUT2D eigenvalue weighted by Gasteiger charge is -2.53. The summed E-state index contributed by atoms with van der Waals surface area (Å²) in [6.07, 6.45) is 12.9. The third kappa shape index (κ3) is 2.86. The molecule has 0 amide bonds. The van der Waals surface area contributed by atoms with Crippen LogP contribution in [-0.2, 0) is 10.0 Å². The number of anilines is 1. The highest BCUT2D eigenvalue weighted by atomic mass is 32.2. The molecule has 8 rings (SSSR count). The normalized spacial score (nSPS) is 35.1. The second-order valence-corrected chi connectivity index (χ2v) is 12.4. The Kier molecular flexibility index (Phi) is 3.63. The van der Waals surface area contributed by atoms with E-state index in [1.165, 1.54) is 37.7 Å². The summed E-state index contributed by atoms with van der Waals surface area (Å²) in [5.41, 5.74) is 1.83. The van der Waals surface area contributed by atoms with Gasteiger partial charge >= 0.3 is 0 Å². The monoisotopic (exact) mass is 428 g/mol. The zero-order valence-corrected chi connectivity index (χ0v) is 17.9. The minimum absolute atomic E-state index is 0.285. The first kappa shape index (κ1) is 17.8. The van der Waals surface area contributed by atoms with Gasteiger partial charge in [0.2, 0.25) is 16.0 Å². The van der Waals surface area contributed by atoms with Crippen molar-refractivity contribution in [2.75, 3.05) is 4.72 Å². The van der Waals surface area contributed by atoms with Gasteiger partial charge in [0.15, 0.2) is 5.65 Å². The smallest absolute Gasteiger partial charge is 0.242 e. The fourth-order valence-corrected chi connectivity index (χ4v) is 7.93. The van der Waals surface area contributed by atoms with Crippen molar-refractivity contribution in [3.63, 3.8) is 0 Å². The van der Waals surface area contributed by atoms with Crippen LogP contribution < -0.4 is 9.46 Å². The molecule has 0 saturated heterocycles. The molecule has 6 aliphatic carbocycles. The molecule has 0 spiro atoms. The van der Waals surface area contributed by atoms with Crippen molar-refractivity contribution in [2.45, 2.75) is 75.1 Å². The standard InChI is InChI=1S/C22H28N4O3S/c27-30(28,17-3-4-17)25-22-24-23-20-10-19(18(11-26(20)22)14-1-2-14)29-21-15-6-12-5-13(8-15)9-16(21)7-12/h10-17,21H,1-9H2,(H,24,25). The first-order valence-electron chi connectivity index (χ1n) is 11.6. The summed E-state index contributed by atoms with van der Waals surface area (Å²) in [5, 5.41) is 8.11. The van der Waals surface area contributed by atoms with Crippen LogP contribution in [0.4, 0.5) is 5.95 Å². The Morgan fingerprint density at radius 2 is 1.67 bits per heavy atom. The Balaban J connectivity index is 1.23. The average molecular weight is 429 g/mol. The first-order valence-corrected chi connectivity index (χ1v) is 13.1. The maximum Gasteiger partial charge on any atom is 0.242 e.